The van der Waals surface area contributed by atoms with Gasteiger partial charge in [-0.15, -0.1) is 0 Å². The predicted octanol–water partition coefficient (Wildman–Crippen LogP) is 3.44. The number of benzene rings is 1. The van der Waals surface area contributed by atoms with E-state index in [0.29, 0.717) is 12.5 Å². The van der Waals surface area contributed by atoms with Gasteiger partial charge in [-0.1, -0.05) is 6.92 Å². The van der Waals surface area contributed by atoms with Crippen molar-refractivity contribution in [1.82, 2.24) is 0 Å². The number of hydrogen-bond donors (Lipinski definition) is 0. The van der Waals surface area contributed by atoms with Crippen LogP contribution in [0, 0.1) is 0 Å². The van der Waals surface area contributed by atoms with Gasteiger partial charge in [0.05, 0.1) is 0 Å². The molecule has 0 aliphatic carbocycles. The molecule has 0 spiro atoms. The maximum Gasteiger partial charge on any atom is 0.162 e. The SMILES string of the molecule is CCC(=O)c1ccc2c(c1)CCCN2C(C)C. The molecule has 0 radical (unpaired) electrons. The Morgan fingerprint density at radius 2 is 2.18 bits per heavy atom. The summed E-state index contributed by atoms with van der Waals surface area (Å²) in [4.78, 5) is 14.1. The second kappa shape index (κ2) is 4.91. The highest BCUT2D eigenvalue weighted by Crippen LogP contribution is 2.29. The number of carbonyl (C=O) groups is 1. The minimum absolute atomic E-state index is 0.245. The molecule has 0 atom stereocenters. The minimum atomic E-state index is 0.245. The first-order valence-corrected chi connectivity index (χ1v) is 6.56. The van der Waals surface area contributed by atoms with Gasteiger partial charge in [-0.05, 0) is 50.5 Å². The van der Waals surface area contributed by atoms with Crippen LogP contribution in [0.1, 0.15) is 49.5 Å². The second-order valence-electron chi connectivity index (χ2n) is 5.01. The Balaban J connectivity index is 2.36. The number of nitrogens with zero attached hydrogens (tertiary/aromatic N) is 1. The van der Waals surface area contributed by atoms with E-state index in [-0.39, 0.29) is 5.78 Å². The first kappa shape index (κ1) is 12.2. The van der Waals surface area contributed by atoms with Crippen LogP contribution in [0.15, 0.2) is 18.2 Å². The number of carbonyl (C=O) groups excluding carboxylic acids is 1. The molecule has 2 heteroatoms. The molecule has 2 nitrogen and oxygen atoms in total. The van der Waals surface area contributed by atoms with Gasteiger partial charge in [0.2, 0.25) is 0 Å². The number of hydrogen-bond acceptors (Lipinski definition) is 2. The van der Waals surface area contributed by atoms with Crippen LogP contribution in [0.5, 0.6) is 0 Å². The summed E-state index contributed by atoms with van der Waals surface area (Å²) < 4.78 is 0. The number of aryl methyl sites for hydroxylation is 1. The highest BCUT2D eigenvalue weighted by atomic mass is 16.1. The van der Waals surface area contributed by atoms with Crippen molar-refractivity contribution < 1.29 is 4.79 Å². The van der Waals surface area contributed by atoms with Crippen LogP contribution in [0.3, 0.4) is 0 Å². The smallest absolute Gasteiger partial charge is 0.162 e. The summed E-state index contributed by atoms with van der Waals surface area (Å²) in [6, 6.07) is 6.72. The van der Waals surface area contributed by atoms with E-state index in [1.165, 1.54) is 17.7 Å². The van der Waals surface area contributed by atoms with Crippen LogP contribution in [0.4, 0.5) is 5.69 Å². The molecule has 1 aliphatic rings. The van der Waals surface area contributed by atoms with Crippen molar-refractivity contribution >= 4 is 11.5 Å². The van der Waals surface area contributed by atoms with Crippen molar-refractivity contribution in [3.8, 4) is 0 Å². The standard InChI is InChI=1S/C15H21NO/c1-4-15(17)13-7-8-14-12(10-13)6-5-9-16(14)11(2)3/h7-8,10-11H,4-6,9H2,1-3H3. The lowest BCUT2D eigenvalue weighted by Gasteiger charge is -2.34. The molecule has 1 heterocycles. The molecule has 0 aromatic heterocycles. The van der Waals surface area contributed by atoms with Gasteiger partial charge in [-0.2, -0.15) is 0 Å². The third-order valence-electron chi connectivity index (χ3n) is 3.50. The summed E-state index contributed by atoms with van der Waals surface area (Å²) in [6.45, 7) is 7.49. The fourth-order valence-electron chi connectivity index (χ4n) is 2.54. The number of ketones is 1. The first-order valence-electron chi connectivity index (χ1n) is 6.56. The highest BCUT2D eigenvalue weighted by Gasteiger charge is 2.19. The largest absolute Gasteiger partial charge is 0.369 e. The number of fused-ring (bicyclic) bond motifs is 1. The third kappa shape index (κ3) is 2.36. The summed E-state index contributed by atoms with van der Waals surface area (Å²) in [5.74, 6) is 0.245. The molecule has 17 heavy (non-hydrogen) atoms. The summed E-state index contributed by atoms with van der Waals surface area (Å²) in [5.41, 5.74) is 3.53. The van der Waals surface area contributed by atoms with E-state index in [2.05, 4.69) is 30.9 Å². The maximum absolute atomic E-state index is 11.7. The fraction of sp³-hybridized carbons (Fsp3) is 0.533. The molecular formula is C15H21NO. The van der Waals surface area contributed by atoms with Gasteiger partial charge in [0, 0.05) is 30.3 Å². The zero-order valence-electron chi connectivity index (χ0n) is 11.0. The molecule has 1 aromatic carbocycles. The third-order valence-corrected chi connectivity index (χ3v) is 3.50. The molecule has 0 saturated carbocycles. The first-order chi connectivity index (χ1) is 8.13. The van der Waals surface area contributed by atoms with Gasteiger partial charge >= 0.3 is 0 Å². The molecule has 0 fully saturated rings. The van der Waals surface area contributed by atoms with Crippen molar-refractivity contribution in [3.63, 3.8) is 0 Å². The zero-order valence-corrected chi connectivity index (χ0v) is 11.0. The van der Waals surface area contributed by atoms with E-state index >= 15 is 0 Å². The molecule has 1 aliphatic heterocycles. The number of anilines is 1. The van der Waals surface area contributed by atoms with E-state index in [0.717, 1.165) is 18.5 Å². The van der Waals surface area contributed by atoms with Crippen LogP contribution in [0.25, 0.3) is 0 Å². The summed E-state index contributed by atoms with van der Waals surface area (Å²) in [7, 11) is 0. The van der Waals surface area contributed by atoms with E-state index in [4.69, 9.17) is 0 Å². The molecule has 1 aromatic rings. The monoisotopic (exact) mass is 231 g/mol. The van der Waals surface area contributed by atoms with Gasteiger partial charge in [0.1, 0.15) is 0 Å². The topological polar surface area (TPSA) is 20.3 Å². The van der Waals surface area contributed by atoms with Gasteiger partial charge < -0.3 is 4.90 Å². The van der Waals surface area contributed by atoms with Crippen LogP contribution < -0.4 is 4.90 Å². The predicted molar refractivity (Wildman–Crippen MR) is 71.9 cm³/mol. The number of Topliss-reactive ketones (excluding diaryl/α,β-unsaturated/α-hetero) is 1. The molecule has 2 rings (SSSR count). The number of rotatable bonds is 3. The van der Waals surface area contributed by atoms with Gasteiger partial charge in [0.15, 0.2) is 5.78 Å². The summed E-state index contributed by atoms with van der Waals surface area (Å²) >= 11 is 0. The Hall–Kier alpha value is -1.31. The summed E-state index contributed by atoms with van der Waals surface area (Å²) in [6.07, 6.45) is 2.88. The Bertz CT molecular complexity index is 423. The van der Waals surface area contributed by atoms with Crippen LogP contribution in [-0.2, 0) is 6.42 Å². The normalized spacial score (nSPS) is 14.9. The second-order valence-corrected chi connectivity index (χ2v) is 5.01. The molecule has 0 N–H and O–H groups in total. The van der Waals surface area contributed by atoms with Crippen LogP contribution in [-0.4, -0.2) is 18.4 Å². The van der Waals surface area contributed by atoms with E-state index < -0.39 is 0 Å². The van der Waals surface area contributed by atoms with Crippen LogP contribution in [0.2, 0.25) is 0 Å². The van der Waals surface area contributed by atoms with Gasteiger partial charge in [0.25, 0.3) is 0 Å². The fourth-order valence-corrected chi connectivity index (χ4v) is 2.54. The molecular weight excluding hydrogens is 210 g/mol. The molecule has 0 unspecified atom stereocenters. The molecule has 0 amide bonds. The lowest BCUT2D eigenvalue weighted by Crippen LogP contribution is -2.35. The average molecular weight is 231 g/mol. The average Bonchev–Trinajstić information content (AvgIpc) is 2.36. The van der Waals surface area contributed by atoms with Gasteiger partial charge in [-0.3, -0.25) is 4.79 Å². The van der Waals surface area contributed by atoms with Crippen molar-refractivity contribution in [2.45, 2.75) is 46.1 Å². The van der Waals surface area contributed by atoms with E-state index in [1.54, 1.807) is 0 Å². The zero-order chi connectivity index (χ0) is 12.4. The quantitative estimate of drug-likeness (QED) is 0.743. The highest BCUT2D eigenvalue weighted by molar-refractivity contribution is 5.96. The molecule has 0 saturated heterocycles. The van der Waals surface area contributed by atoms with Crippen molar-refractivity contribution in [2.24, 2.45) is 0 Å². The Morgan fingerprint density at radius 1 is 1.41 bits per heavy atom. The lowest BCUT2D eigenvalue weighted by molar-refractivity contribution is 0.0988. The molecule has 0 bridgehead atoms. The maximum atomic E-state index is 11.7. The van der Waals surface area contributed by atoms with Crippen LogP contribution >= 0.6 is 0 Å². The van der Waals surface area contributed by atoms with E-state index in [9.17, 15) is 4.79 Å². The van der Waals surface area contributed by atoms with Crippen molar-refractivity contribution in [2.75, 3.05) is 11.4 Å². The van der Waals surface area contributed by atoms with Crippen molar-refractivity contribution in [3.05, 3.63) is 29.3 Å². The molecule has 92 valence electrons. The van der Waals surface area contributed by atoms with Crippen molar-refractivity contribution in [1.29, 1.82) is 0 Å². The summed E-state index contributed by atoms with van der Waals surface area (Å²) in [5, 5.41) is 0. The Morgan fingerprint density at radius 3 is 2.82 bits per heavy atom. The van der Waals surface area contributed by atoms with Gasteiger partial charge in [-0.25, -0.2) is 0 Å². The van der Waals surface area contributed by atoms with E-state index in [1.807, 2.05) is 13.0 Å². The Kier molecular flexibility index (Phi) is 3.51. The minimum Gasteiger partial charge on any atom is -0.369 e. The lowest BCUT2D eigenvalue weighted by atomic mass is 9.96. The Labute approximate surface area is 104 Å².